The Morgan fingerprint density at radius 2 is 1.92 bits per heavy atom. The molecule has 0 amide bonds. The summed E-state index contributed by atoms with van der Waals surface area (Å²) in [5, 5.41) is 0.910. The van der Waals surface area contributed by atoms with Gasteiger partial charge in [0, 0.05) is 17.4 Å². The summed E-state index contributed by atoms with van der Waals surface area (Å²) in [7, 11) is 3.25. The molecule has 0 radical (unpaired) electrons. The number of ether oxygens (including phenoxy) is 3. The van der Waals surface area contributed by atoms with Crippen molar-refractivity contribution in [3.8, 4) is 11.5 Å². The van der Waals surface area contributed by atoms with E-state index < -0.39 is 0 Å². The van der Waals surface area contributed by atoms with Gasteiger partial charge in [-0.25, -0.2) is 9.78 Å². The summed E-state index contributed by atoms with van der Waals surface area (Å²) in [5.74, 6) is 1.15. The fourth-order valence-electron chi connectivity index (χ4n) is 2.35. The summed E-state index contributed by atoms with van der Waals surface area (Å²) >= 11 is 1.40. The van der Waals surface area contributed by atoms with E-state index >= 15 is 0 Å². The van der Waals surface area contributed by atoms with Crippen molar-refractivity contribution in [2.45, 2.75) is 39.5 Å². The van der Waals surface area contributed by atoms with Crippen LogP contribution < -0.4 is 9.47 Å². The van der Waals surface area contributed by atoms with Crippen molar-refractivity contribution in [1.82, 2.24) is 4.98 Å². The first kappa shape index (κ1) is 19.2. The van der Waals surface area contributed by atoms with E-state index in [1.165, 1.54) is 11.3 Å². The van der Waals surface area contributed by atoms with E-state index in [9.17, 15) is 4.79 Å². The van der Waals surface area contributed by atoms with Crippen LogP contribution in [0.5, 0.6) is 11.5 Å². The number of nitrogens with zero attached hydrogens (tertiary/aromatic N) is 1. The molecular formula is C19H25NO4S. The van der Waals surface area contributed by atoms with E-state index in [1.807, 2.05) is 18.2 Å². The van der Waals surface area contributed by atoms with Crippen molar-refractivity contribution in [3.63, 3.8) is 0 Å². The highest BCUT2D eigenvalue weighted by Gasteiger charge is 2.26. The lowest BCUT2D eigenvalue weighted by Crippen LogP contribution is -2.10. The van der Waals surface area contributed by atoms with Crippen molar-refractivity contribution < 1.29 is 19.0 Å². The van der Waals surface area contributed by atoms with Gasteiger partial charge in [-0.2, -0.15) is 0 Å². The molecule has 0 fully saturated rings. The largest absolute Gasteiger partial charge is 0.497 e. The maximum Gasteiger partial charge on any atom is 0.350 e. The van der Waals surface area contributed by atoms with Crippen molar-refractivity contribution in [2.75, 3.05) is 20.8 Å². The molecule has 2 aromatic rings. The predicted molar refractivity (Wildman–Crippen MR) is 99.1 cm³/mol. The Hall–Kier alpha value is -2.08. The Morgan fingerprint density at radius 3 is 2.48 bits per heavy atom. The number of esters is 1. The quantitative estimate of drug-likeness (QED) is 0.719. The number of thiazole rings is 1. The summed E-state index contributed by atoms with van der Waals surface area (Å²) in [6, 6.07) is 5.61. The standard InChI is InChI=1S/C19H25NO4S/c1-7-24-17(21)16-14(20-18(25-16)19(2,3)4)11-12-10-13(22-5)8-9-15(12)23-6/h8-10H,7,11H2,1-6H3. The zero-order chi connectivity index (χ0) is 18.6. The number of hydrogen-bond acceptors (Lipinski definition) is 6. The molecule has 0 N–H and O–H groups in total. The zero-order valence-corrected chi connectivity index (χ0v) is 16.5. The minimum atomic E-state index is -0.327. The van der Waals surface area contributed by atoms with E-state index in [-0.39, 0.29) is 11.4 Å². The topological polar surface area (TPSA) is 57.7 Å². The van der Waals surface area contributed by atoms with Crippen LogP contribution in [0.2, 0.25) is 0 Å². The maximum absolute atomic E-state index is 12.4. The Labute approximate surface area is 153 Å². The van der Waals surface area contributed by atoms with Crippen LogP contribution in [-0.2, 0) is 16.6 Å². The molecular weight excluding hydrogens is 338 g/mol. The Balaban J connectivity index is 2.47. The summed E-state index contributed by atoms with van der Waals surface area (Å²) in [4.78, 5) is 17.7. The second-order valence-corrected chi connectivity index (χ2v) is 7.62. The highest BCUT2D eigenvalue weighted by molar-refractivity contribution is 7.13. The summed E-state index contributed by atoms with van der Waals surface area (Å²) in [5.41, 5.74) is 1.49. The lowest BCUT2D eigenvalue weighted by molar-refractivity contribution is 0.0530. The van der Waals surface area contributed by atoms with Gasteiger partial charge in [0.25, 0.3) is 0 Å². The lowest BCUT2D eigenvalue weighted by atomic mass is 9.98. The van der Waals surface area contributed by atoms with E-state index in [0.717, 1.165) is 22.1 Å². The number of hydrogen-bond donors (Lipinski definition) is 0. The van der Waals surface area contributed by atoms with E-state index in [4.69, 9.17) is 19.2 Å². The fourth-order valence-corrected chi connectivity index (χ4v) is 3.38. The zero-order valence-electron chi connectivity index (χ0n) is 15.6. The van der Waals surface area contributed by atoms with Crippen LogP contribution in [0.15, 0.2) is 18.2 Å². The Kier molecular flexibility index (Phi) is 6.06. The van der Waals surface area contributed by atoms with Gasteiger partial charge < -0.3 is 14.2 Å². The normalized spacial score (nSPS) is 11.3. The molecule has 6 heteroatoms. The first-order valence-corrected chi connectivity index (χ1v) is 9.00. The molecule has 136 valence electrons. The fraction of sp³-hybridized carbons (Fsp3) is 0.474. The average Bonchev–Trinajstić information content (AvgIpc) is 2.99. The third kappa shape index (κ3) is 4.51. The van der Waals surface area contributed by atoms with Crippen LogP contribution in [-0.4, -0.2) is 31.8 Å². The number of rotatable bonds is 6. The van der Waals surface area contributed by atoms with Gasteiger partial charge in [0.2, 0.25) is 0 Å². The summed E-state index contributed by atoms with van der Waals surface area (Å²) < 4.78 is 16.0. The number of carbonyl (C=O) groups is 1. The molecule has 5 nitrogen and oxygen atoms in total. The minimum absolute atomic E-state index is 0.136. The molecule has 0 saturated carbocycles. The highest BCUT2D eigenvalue weighted by Crippen LogP contribution is 2.33. The first-order valence-electron chi connectivity index (χ1n) is 8.18. The molecule has 1 aromatic carbocycles. The molecule has 0 aliphatic heterocycles. The van der Waals surface area contributed by atoms with Crippen LogP contribution in [0.3, 0.4) is 0 Å². The van der Waals surface area contributed by atoms with Crippen molar-refractivity contribution in [2.24, 2.45) is 0 Å². The van der Waals surface area contributed by atoms with Crippen molar-refractivity contribution >= 4 is 17.3 Å². The third-order valence-electron chi connectivity index (χ3n) is 3.65. The molecule has 1 heterocycles. The van der Waals surface area contributed by atoms with Gasteiger partial charge in [0.05, 0.1) is 31.5 Å². The van der Waals surface area contributed by atoms with Crippen LogP contribution in [0.4, 0.5) is 0 Å². The van der Waals surface area contributed by atoms with Gasteiger partial charge in [-0.15, -0.1) is 11.3 Å². The monoisotopic (exact) mass is 363 g/mol. The summed E-state index contributed by atoms with van der Waals surface area (Å²) in [6.45, 7) is 8.38. The smallest absolute Gasteiger partial charge is 0.350 e. The molecule has 0 bridgehead atoms. The molecule has 25 heavy (non-hydrogen) atoms. The molecule has 0 aliphatic carbocycles. The van der Waals surface area contributed by atoms with Gasteiger partial charge in [0.1, 0.15) is 16.4 Å². The van der Waals surface area contributed by atoms with Crippen LogP contribution >= 0.6 is 11.3 Å². The average molecular weight is 363 g/mol. The number of carbonyl (C=O) groups excluding carboxylic acids is 1. The summed E-state index contributed by atoms with van der Waals surface area (Å²) in [6.07, 6.45) is 0.473. The van der Waals surface area contributed by atoms with Gasteiger partial charge in [0.15, 0.2) is 0 Å². The van der Waals surface area contributed by atoms with E-state index in [2.05, 4.69) is 20.8 Å². The predicted octanol–water partition coefficient (Wildman–Crippen LogP) is 4.23. The van der Waals surface area contributed by atoms with Crippen LogP contribution in [0.1, 0.15) is 53.6 Å². The van der Waals surface area contributed by atoms with Crippen LogP contribution in [0, 0.1) is 0 Å². The number of methoxy groups -OCH3 is 2. The second-order valence-electron chi connectivity index (χ2n) is 6.62. The van der Waals surface area contributed by atoms with Crippen molar-refractivity contribution in [3.05, 3.63) is 39.3 Å². The molecule has 0 spiro atoms. The van der Waals surface area contributed by atoms with E-state index in [0.29, 0.717) is 23.6 Å². The number of aromatic nitrogens is 1. The first-order chi connectivity index (χ1) is 11.8. The van der Waals surface area contributed by atoms with Crippen LogP contribution in [0.25, 0.3) is 0 Å². The Bertz CT molecular complexity index is 746. The highest BCUT2D eigenvalue weighted by atomic mass is 32.1. The Morgan fingerprint density at radius 1 is 1.20 bits per heavy atom. The van der Waals surface area contributed by atoms with Gasteiger partial charge in [-0.3, -0.25) is 0 Å². The minimum Gasteiger partial charge on any atom is -0.497 e. The van der Waals surface area contributed by atoms with E-state index in [1.54, 1.807) is 21.1 Å². The van der Waals surface area contributed by atoms with Gasteiger partial charge in [-0.1, -0.05) is 20.8 Å². The molecule has 2 rings (SSSR count). The third-order valence-corrected chi connectivity index (χ3v) is 5.15. The molecule has 0 atom stereocenters. The SMILES string of the molecule is CCOC(=O)c1sc(C(C)(C)C)nc1Cc1cc(OC)ccc1OC. The molecule has 0 saturated heterocycles. The van der Waals surface area contributed by atoms with Gasteiger partial charge >= 0.3 is 5.97 Å². The second kappa shape index (κ2) is 7.87. The number of benzene rings is 1. The van der Waals surface area contributed by atoms with Gasteiger partial charge in [-0.05, 0) is 25.1 Å². The maximum atomic E-state index is 12.4. The molecule has 1 aromatic heterocycles. The lowest BCUT2D eigenvalue weighted by Gasteiger charge is -2.13. The molecule has 0 aliphatic rings. The van der Waals surface area contributed by atoms with Crippen molar-refractivity contribution in [1.29, 1.82) is 0 Å². The molecule has 0 unspecified atom stereocenters.